The van der Waals surface area contributed by atoms with E-state index in [0.717, 1.165) is 50.7 Å². The molecule has 6 nitrogen and oxygen atoms in total. The third-order valence-electron chi connectivity index (χ3n) is 4.78. The van der Waals surface area contributed by atoms with Crippen molar-refractivity contribution in [1.29, 1.82) is 0 Å². The van der Waals surface area contributed by atoms with E-state index in [9.17, 15) is 4.79 Å². The Bertz CT molecular complexity index is 536. The fraction of sp³-hybridized carbons (Fsp3) is 0.812. The van der Waals surface area contributed by atoms with Gasteiger partial charge in [0.1, 0.15) is 0 Å². The van der Waals surface area contributed by atoms with Crippen LogP contribution in [0.3, 0.4) is 0 Å². The molecule has 0 radical (unpaired) electrons. The summed E-state index contributed by atoms with van der Waals surface area (Å²) < 4.78 is 11.0. The smallest absolute Gasteiger partial charge is 0.231 e. The molecule has 0 N–H and O–H groups in total. The van der Waals surface area contributed by atoms with Gasteiger partial charge < -0.3 is 14.2 Å². The number of hydrogen-bond acceptors (Lipinski definition) is 5. The summed E-state index contributed by atoms with van der Waals surface area (Å²) in [6, 6.07) is 0. The molecule has 2 aliphatic carbocycles. The van der Waals surface area contributed by atoms with Crippen molar-refractivity contribution in [3.05, 3.63) is 11.7 Å². The maximum absolute atomic E-state index is 12.1. The van der Waals surface area contributed by atoms with E-state index in [4.69, 9.17) is 9.26 Å². The van der Waals surface area contributed by atoms with Crippen LogP contribution in [-0.4, -0.2) is 47.3 Å². The molecule has 6 heteroatoms. The molecule has 1 atom stereocenters. The molecule has 0 aromatic carbocycles. The van der Waals surface area contributed by atoms with E-state index in [1.165, 1.54) is 12.8 Å². The summed E-state index contributed by atoms with van der Waals surface area (Å²) in [5.74, 6) is 3.00. The number of ether oxygens (including phenoxy) is 1. The van der Waals surface area contributed by atoms with Gasteiger partial charge in [0.2, 0.25) is 11.8 Å². The molecule has 3 fully saturated rings. The SMILES string of the molecule is O=C(C1CC1)N1CCC(c2nc(CCOCC3CC3)no2)C1. The van der Waals surface area contributed by atoms with Gasteiger partial charge in [0, 0.05) is 32.0 Å². The van der Waals surface area contributed by atoms with Crippen LogP contribution < -0.4 is 0 Å². The van der Waals surface area contributed by atoms with Crippen molar-refractivity contribution >= 4 is 5.91 Å². The first-order valence-corrected chi connectivity index (χ1v) is 8.48. The number of likely N-dealkylation sites (tertiary alicyclic amines) is 1. The Labute approximate surface area is 130 Å². The van der Waals surface area contributed by atoms with E-state index in [2.05, 4.69) is 10.1 Å². The highest BCUT2D eigenvalue weighted by Gasteiger charge is 2.38. The second-order valence-electron chi connectivity index (χ2n) is 6.86. The number of nitrogens with zero attached hydrogens (tertiary/aromatic N) is 3. The van der Waals surface area contributed by atoms with Gasteiger partial charge in [-0.15, -0.1) is 0 Å². The molecule has 3 aliphatic rings. The minimum Gasteiger partial charge on any atom is -0.381 e. The third kappa shape index (κ3) is 3.32. The average Bonchev–Trinajstić information content (AvgIpc) is 3.44. The molecule has 0 spiro atoms. The first-order valence-electron chi connectivity index (χ1n) is 8.48. The highest BCUT2D eigenvalue weighted by atomic mass is 16.5. The predicted octanol–water partition coefficient (Wildman–Crippen LogP) is 1.76. The Balaban J connectivity index is 1.25. The molecule has 4 rings (SSSR count). The van der Waals surface area contributed by atoms with E-state index in [1.807, 2.05) is 4.90 Å². The number of rotatable bonds is 7. The van der Waals surface area contributed by atoms with Crippen molar-refractivity contribution in [3.8, 4) is 0 Å². The van der Waals surface area contributed by atoms with Gasteiger partial charge in [-0.2, -0.15) is 4.98 Å². The Morgan fingerprint density at radius 1 is 1.27 bits per heavy atom. The second-order valence-corrected chi connectivity index (χ2v) is 6.86. The summed E-state index contributed by atoms with van der Waals surface area (Å²) in [6.45, 7) is 3.08. The summed E-state index contributed by atoms with van der Waals surface area (Å²) in [5, 5.41) is 4.04. The summed E-state index contributed by atoms with van der Waals surface area (Å²) in [7, 11) is 0. The van der Waals surface area contributed by atoms with Crippen LogP contribution in [0.25, 0.3) is 0 Å². The first-order chi connectivity index (χ1) is 10.8. The summed E-state index contributed by atoms with van der Waals surface area (Å²) in [5.41, 5.74) is 0. The quantitative estimate of drug-likeness (QED) is 0.718. The molecule has 1 aromatic heterocycles. The van der Waals surface area contributed by atoms with Crippen molar-refractivity contribution in [1.82, 2.24) is 15.0 Å². The minimum atomic E-state index is 0.205. The van der Waals surface area contributed by atoms with Gasteiger partial charge in [-0.1, -0.05) is 5.16 Å². The van der Waals surface area contributed by atoms with Crippen molar-refractivity contribution in [2.24, 2.45) is 11.8 Å². The van der Waals surface area contributed by atoms with Crippen LogP contribution in [0, 0.1) is 11.8 Å². The number of hydrogen-bond donors (Lipinski definition) is 0. The monoisotopic (exact) mass is 305 g/mol. The molecule has 120 valence electrons. The number of amides is 1. The van der Waals surface area contributed by atoms with Gasteiger partial charge in [0.25, 0.3) is 0 Å². The normalized spacial score (nSPS) is 24.9. The summed E-state index contributed by atoms with van der Waals surface area (Å²) in [6.07, 6.45) is 6.37. The van der Waals surface area contributed by atoms with Crippen LogP contribution in [0.2, 0.25) is 0 Å². The maximum atomic E-state index is 12.1. The highest BCUT2D eigenvalue weighted by Crippen LogP contribution is 2.34. The average molecular weight is 305 g/mol. The summed E-state index contributed by atoms with van der Waals surface area (Å²) >= 11 is 0. The molecule has 1 aliphatic heterocycles. The van der Waals surface area contributed by atoms with E-state index in [-0.39, 0.29) is 5.92 Å². The van der Waals surface area contributed by atoms with E-state index in [0.29, 0.717) is 30.7 Å². The van der Waals surface area contributed by atoms with Crippen LogP contribution in [0.15, 0.2) is 4.52 Å². The fourth-order valence-corrected chi connectivity index (χ4v) is 2.98. The van der Waals surface area contributed by atoms with Gasteiger partial charge >= 0.3 is 0 Å². The molecule has 1 saturated heterocycles. The molecular weight excluding hydrogens is 282 g/mol. The van der Waals surface area contributed by atoms with E-state index in [1.54, 1.807) is 0 Å². The molecule has 0 bridgehead atoms. The van der Waals surface area contributed by atoms with Crippen LogP contribution in [0.4, 0.5) is 0 Å². The zero-order chi connectivity index (χ0) is 14.9. The number of carbonyl (C=O) groups excluding carboxylic acids is 1. The highest BCUT2D eigenvalue weighted by molar-refractivity contribution is 5.81. The standard InChI is InChI=1S/C16H23N3O3/c20-16(12-3-4-12)19-7-5-13(9-19)15-17-14(18-22-15)6-8-21-10-11-1-2-11/h11-13H,1-10H2. The van der Waals surface area contributed by atoms with Crippen molar-refractivity contribution in [2.75, 3.05) is 26.3 Å². The molecular formula is C16H23N3O3. The van der Waals surface area contributed by atoms with Crippen molar-refractivity contribution in [2.45, 2.75) is 44.4 Å². The van der Waals surface area contributed by atoms with Crippen molar-refractivity contribution < 1.29 is 14.1 Å². The Morgan fingerprint density at radius 3 is 2.91 bits per heavy atom. The lowest BCUT2D eigenvalue weighted by atomic mass is 10.1. The van der Waals surface area contributed by atoms with Crippen LogP contribution >= 0.6 is 0 Å². The first kappa shape index (κ1) is 14.2. The molecule has 1 amide bonds. The van der Waals surface area contributed by atoms with E-state index < -0.39 is 0 Å². The van der Waals surface area contributed by atoms with Crippen LogP contribution in [-0.2, 0) is 16.0 Å². The number of aromatic nitrogens is 2. The van der Waals surface area contributed by atoms with Gasteiger partial charge in [-0.25, -0.2) is 0 Å². The summed E-state index contributed by atoms with van der Waals surface area (Å²) in [4.78, 5) is 18.5. The maximum Gasteiger partial charge on any atom is 0.231 e. The molecule has 2 saturated carbocycles. The van der Waals surface area contributed by atoms with Gasteiger partial charge in [0.05, 0.1) is 12.5 Å². The largest absolute Gasteiger partial charge is 0.381 e. The van der Waals surface area contributed by atoms with Crippen LogP contribution in [0.1, 0.15) is 49.7 Å². The predicted molar refractivity (Wildman–Crippen MR) is 78.2 cm³/mol. The molecule has 22 heavy (non-hydrogen) atoms. The number of carbonyl (C=O) groups is 1. The zero-order valence-corrected chi connectivity index (χ0v) is 12.9. The minimum absolute atomic E-state index is 0.205. The lowest BCUT2D eigenvalue weighted by molar-refractivity contribution is -0.131. The second kappa shape index (κ2) is 5.99. The topological polar surface area (TPSA) is 68.5 Å². The van der Waals surface area contributed by atoms with Gasteiger partial charge in [-0.05, 0) is 38.0 Å². The Hall–Kier alpha value is -1.43. The van der Waals surface area contributed by atoms with Gasteiger partial charge in [-0.3, -0.25) is 4.79 Å². The third-order valence-corrected chi connectivity index (χ3v) is 4.78. The zero-order valence-electron chi connectivity index (χ0n) is 12.9. The van der Waals surface area contributed by atoms with E-state index >= 15 is 0 Å². The Morgan fingerprint density at radius 2 is 2.14 bits per heavy atom. The fourth-order valence-electron chi connectivity index (χ4n) is 2.98. The lowest BCUT2D eigenvalue weighted by Gasteiger charge is -2.14. The molecule has 1 aromatic rings. The lowest BCUT2D eigenvalue weighted by Crippen LogP contribution is -2.29. The van der Waals surface area contributed by atoms with Crippen LogP contribution in [0.5, 0.6) is 0 Å². The molecule has 1 unspecified atom stereocenters. The Kier molecular flexibility index (Phi) is 3.86. The molecule has 2 heterocycles. The van der Waals surface area contributed by atoms with Crippen molar-refractivity contribution in [3.63, 3.8) is 0 Å². The van der Waals surface area contributed by atoms with Gasteiger partial charge in [0.15, 0.2) is 5.82 Å².